The number of carbonyl (C=O) groups is 1. The largest absolute Gasteiger partial charge is 0.334 e. The minimum atomic E-state index is -0.277. The molecule has 1 fully saturated rings. The SMILES string of the molecule is C=CCN(Cc1ccccc1F)C(=O)[C@@H]1CCC[C@@H]1CN. The van der Waals surface area contributed by atoms with Crippen molar-refractivity contribution in [3.8, 4) is 0 Å². The molecular weight excluding hydrogens is 267 g/mol. The summed E-state index contributed by atoms with van der Waals surface area (Å²) in [5.41, 5.74) is 6.30. The highest BCUT2D eigenvalue weighted by Gasteiger charge is 2.34. The smallest absolute Gasteiger partial charge is 0.226 e. The number of rotatable bonds is 6. The Labute approximate surface area is 125 Å². The summed E-state index contributed by atoms with van der Waals surface area (Å²) in [4.78, 5) is 14.4. The van der Waals surface area contributed by atoms with Crippen molar-refractivity contribution in [3.63, 3.8) is 0 Å². The van der Waals surface area contributed by atoms with Crippen LogP contribution >= 0.6 is 0 Å². The number of nitrogens with two attached hydrogens (primary N) is 1. The molecule has 1 amide bonds. The highest BCUT2D eigenvalue weighted by atomic mass is 19.1. The van der Waals surface area contributed by atoms with E-state index in [9.17, 15) is 9.18 Å². The van der Waals surface area contributed by atoms with Crippen LogP contribution in [-0.2, 0) is 11.3 Å². The molecule has 0 heterocycles. The average molecular weight is 290 g/mol. The molecule has 1 aliphatic rings. The third kappa shape index (κ3) is 3.70. The van der Waals surface area contributed by atoms with E-state index in [1.807, 2.05) is 0 Å². The third-order valence-corrected chi connectivity index (χ3v) is 4.26. The van der Waals surface area contributed by atoms with Gasteiger partial charge in [0.15, 0.2) is 0 Å². The molecule has 0 unspecified atom stereocenters. The predicted octanol–water partition coefficient (Wildman–Crippen LogP) is 2.72. The summed E-state index contributed by atoms with van der Waals surface area (Å²) in [6, 6.07) is 6.57. The van der Waals surface area contributed by atoms with E-state index < -0.39 is 0 Å². The van der Waals surface area contributed by atoms with Crippen LogP contribution < -0.4 is 5.73 Å². The predicted molar refractivity (Wildman–Crippen MR) is 81.9 cm³/mol. The number of hydrogen-bond acceptors (Lipinski definition) is 2. The zero-order valence-corrected chi connectivity index (χ0v) is 12.3. The maximum Gasteiger partial charge on any atom is 0.226 e. The molecule has 2 rings (SSSR count). The summed E-state index contributed by atoms with van der Waals surface area (Å²) in [7, 11) is 0. The Morgan fingerprint density at radius 2 is 2.19 bits per heavy atom. The maximum atomic E-state index is 13.8. The Kier molecular flexibility index (Phi) is 5.51. The zero-order valence-electron chi connectivity index (χ0n) is 12.3. The van der Waals surface area contributed by atoms with Gasteiger partial charge in [0.05, 0.1) is 0 Å². The second-order valence-corrected chi connectivity index (χ2v) is 5.63. The molecule has 3 nitrogen and oxygen atoms in total. The van der Waals surface area contributed by atoms with Crippen LogP contribution in [-0.4, -0.2) is 23.9 Å². The van der Waals surface area contributed by atoms with Gasteiger partial charge in [-0.15, -0.1) is 6.58 Å². The molecule has 2 N–H and O–H groups in total. The van der Waals surface area contributed by atoms with Crippen LogP contribution in [0.3, 0.4) is 0 Å². The first kappa shape index (κ1) is 15.7. The van der Waals surface area contributed by atoms with Crippen molar-refractivity contribution >= 4 is 5.91 Å². The van der Waals surface area contributed by atoms with Crippen LogP contribution in [0.4, 0.5) is 4.39 Å². The van der Waals surface area contributed by atoms with E-state index in [2.05, 4.69) is 6.58 Å². The first-order valence-electron chi connectivity index (χ1n) is 7.50. The van der Waals surface area contributed by atoms with Crippen LogP contribution in [0.25, 0.3) is 0 Å². The third-order valence-electron chi connectivity index (χ3n) is 4.26. The molecule has 1 aliphatic carbocycles. The number of hydrogen-bond donors (Lipinski definition) is 1. The summed E-state index contributed by atoms with van der Waals surface area (Å²) in [5, 5.41) is 0. The lowest BCUT2D eigenvalue weighted by Crippen LogP contribution is -2.39. The summed E-state index contributed by atoms with van der Waals surface area (Å²) in [6.45, 7) is 4.95. The molecule has 21 heavy (non-hydrogen) atoms. The Bertz CT molecular complexity index is 503. The van der Waals surface area contributed by atoms with Crippen molar-refractivity contribution in [2.24, 2.45) is 17.6 Å². The monoisotopic (exact) mass is 290 g/mol. The first-order chi connectivity index (χ1) is 10.2. The number of amides is 1. The van der Waals surface area contributed by atoms with Crippen molar-refractivity contribution in [2.75, 3.05) is 13.1 Å². The van der Waals surface area contributed by atoms with Gasteiger partial charge in [-0.1, -0.05) is 30.7 Å². The molecule has 0 spiro atoms. The first-order valence-corrected chi connectivity index (χ1v) is 7.50. The normalized spacial score (nSPS) is 21.2. The Hall–Kier alpha value is -1.68. The second kappa shape index (κ2) is 7.36. The molecule has 0 radical (unpaired) electrons. The van der Waals surface area contributed by atoms with Crippen molar-refractivity contribution in [1.29, 1.82) is 0 Å². The summed E-state index contributed by atoms with van der Waals surface area (Å²) in [6.07, 6.45) is 4.62. The lowest BCUT2D eigenvalue weighted by molar-refractivity contribution is -0.136. The van der Waals surface area contributed by atoms with Gasteiger partial charge in [-0.3, -0.25) is 4.79 Å². The van der Waals surface area contributed by atoms with E-state index in [-0.39, 0.29) is 30.1 Å². The van der Waals surface area contributed by atoms with E-state index in [1.165, 1.54) is 6.07 Å². The van der Waals surface area contributed by atoms with E-state index in [4.69, 9.17) is 5.73 Å². The molecule has 1 aromatic rings. The van der Waals surface area contributed by atoms with Gasteiger partial charge in [0.1, 0.15) is 5.82 Å². The number of carbonyl (C=O) groups excluding carboxylic acids is 1. The molecule has 0 bridgehead atoms. The minimum Gasteiger partial charge on any atom is -0.334 e. The fraction of sp³-hybridized carbons (Fsp3) is 0.471. The van der Waals surface area contributed by atoms with Crippen molar-refractivity contribution in [2.45, 2.75) is 25.8 Å². The van der Waals surface area contributed by atoms with E-state index in [0.717, 1.165) is 19.3 Å². The molecule has 2 atom stereocenters. The summed E-state index contributed by atoms with van der Waals surface area (Å²) >= 11 is 0. The Balaban J connectivity index is 2.13. The minimum absolute atomic E-state index is 0.0262. The zero-order chi connectivity index (χ0) is 15.2. The van der Waals surface area contributed by atoms with Crippen molar-refractivity contribution < 1.29 is 9.18 Å². The Morgan fingerprint density at radius 3 is 2.86 bits per heavy atom. The lowest BCUT2D eigenvalue weighted by Gasteiger charge is -2.27. The van der Waals surface area contributed by atoms with Gasteiger partial charge in [-0.05, 0) is 31.4 Å². The fourth-order valence-electron chi connectivity index (χ4n) is 3.10. The number of benzene rings is 1. The quantitative estimate of drug-likeness (QED) is 0.819. The number of halogens is 1. The van der Waals surface area contributed by atoms with Crippen LogP contribution in [0.1, 0.15) is 24.8 Å². The highest BCUT2D eigenvalue weighted by Crippen LogP contribution is 2.32. The molecule has 4 heteroatoms. The van der Waals surface area contributed by atoms with Gasteiger partial charge in [-0.2, -0.15) is 0 Å². The van der Waals surface area contributed by atoms with E-state index >= 15 is 0 Å². The van der Waals surface area contributed by atoms with Crippen molar-refractivity contribution in [3.05, 3.63) is 48.3 Å². The molecule has 0 aliphatic heterocycles. The van der Waals surface area contributed by atoms with Crippen LogP contribution in [0.15, 0.2) is 36.9 Å². The van der Waals surface area contributed by atoms with Crippen LogP contribution in [0.5, 0.6) is 0 Å². The van der Waals surface area contributed by atoms with E-state index in [0.29, 0.717) is 18.7 Å². The molecule has 1 aromatic carbocycles. The van der Waals surface area contributed by atoms with Gasteiger partial charge < -0.3 is 10.6 Å². The lowest BCUT2D eigenvalue weighted by atomic mass is 9.94. The molecular formula is C17H23FN2O. The Morgan fingerprint density at radius 1 is 1.43 bits per heavy atom. The second-order valence-electron chi connectivity index (χ2n) is 5.63. The van der Waals surface area contributed by atoms with Crippen LogP contribution in [0, 0.1) is 17.7 Å². The topological polar surface area (TPSA) is 46.3 Å². The fourth-order valence-corrected chi connectivity index (χ4v) is 3.10. The van der Waals surface area contributed by atoms with Crippen LogP contribution in [0.2, 0.25) is 0 Å². The molecule has 0 saturated heterocycles. The molecule has 0 aromatic heterocycles. The average Bonchev–Trinajstić information content (AvgIpc) is 2.96. The number of nitrogens with zero attached hydrogens (tertiary/aromatic N) is 1. The summed E-state index contributed by atoms with van der Waals surface area (Å²) in [5.74, 6) is 0.0272. The van der Waals surface area contributed by atoms with Gasteiger partial charge >= 0.3 is 0 Å². The molecule has 1 saturated carbocycles. The van der Waals surface area contributed by atoms with E-state index in [1.54, 1.807) is 29.2 Å². The van der Waals surface area contributed by atoms with Crippen molar-refractivity contribution in [1.82, 2.24) is 4.90 Å². The van der Waals surface area contributed by atoms with Gasteiger partial charge in [-0.25, -0.2) is 4.39 Å². The van der Waals surface area contributed by atoms with Gasteiger partial charge in [0.2, 0.25) is 5.91 Å². The van der Waals surface area contributed by atoms with Gasteiger partial charge in [0.25, 0.3) is 0 Å². The highest BCUT2D eigenvalue weighted by molar-refractivity contribution is 5.79. The van der Waals surface area contributed by atoms with Gasteiger partial charge in [0, 0.05) is 24.6 Å². The standard InChI is InChI=1S/C17H23FN2O/c1-2-10-20(12-14-6-3-4-9-16(14)18)17(21)15-8-5-7-13(15)11-19/h2-4,6,9,13,15H,1,5,7-8,10-12,19H2/t13-,15-/m1/s1. The molecule has 114 valence electrons. The summed E-state index contributed by atoms with van der Waals surface area (Å²) < 4.78 is 13.8. The maximum absolute atomic E-state index is 13.8.